The molecule has 2 aromatic carbocycles. The van der Waals surface area contributed by atoms with Crippen LogP contribution in [0.2, 0.25) is 0 Å². The molecule has 0 atom stereocenters. The number of phenolic OH excluding ortho intramolecular Hbond substituents is 1. The SMILES string of the molecule is CCN(Cc1cccc(N)c1)C(=O)c1ccc(Br)c(O)c1. The number of hydrogen-bond acceptors (Lipinski definition) is 3. The number of phenols is 1. The van der Waals surface area contributed by atoms with Crippen molar-refractivity contribution < 1.29 is 9.90 Å². The van der Waals surface area contributed by atoms with Crippen molar-refractivity contribution >= 4 is 27.5 Å². The van der Waals surface area contributed by atoms with Crippen LogP contribution in [0.3, 0.4) is 0 Å². The van der Waals surface area contributed by atoms with Gasteiger partial charge in [0.25, 0.3) is 5.91 Å². The molecule has 1 amide bonds. The summed E-state index contributed by atoms with van der Waals surface area (Å²) in [6.07, 6.45) is 0. The van der Waals surface area contributed by atoms with Crippen LogP contribution in [0.15, 0.2) is 46.9 Å². The second kappa shape index (κ2) is 6.63. The third-order valence-electron chi connectivity index (χ3n) is 3.19. The fourth-order valence-corrected chi connectivity index (χ4v) is 2.31. The molecule has 0 aromatic heterocycles. The molecule has 4 nitrogen and oxygen atoms in total. The molecule has 0 spiro atoms. The minimum absolute atomic E-state index is 0.0564. The normalized spacial score (nSPS) is 10.4. The van der Waals surface area contributed by atoms with Gasteiger partial charge in [0.1, 0.15) is 5.75 Å². The molecule has 0 heterocycles. The highest BCUT2D eigenvalue weighted by Gasteiger charge is 2.15. The summed E-state index contributed by atoms with van der Waals surface area (Å²) in [6.45, 7) is 2.98. The van der Waals surface area contributed by atoms with E-state index in [0.717, 1.165) is 5.56 Å². The Morgan fingerprint density at radius 1 is 1.29 bits per heavy atom. The lowest BCUT2D eigenvalue weighted by atomic mass is 10.1. The van der Waals surface area contributed by atoms with E-state index < -0.39 is 0 Å². The summed E-state index contributed by atoms with van der Waals surface area (Å²) in [6, 6.07) is 12.3. The number of nitrogens with zero attached hydrogens (tertiary/aromatic N) is 1. The summed E-state index contributed by atoms with van der Waals surface area (Å²) in [4.78, 5) is 14.2. The minimum atomic E-state index is -0.122. The Hall–Kier alpha value is -2.01. The highest BCUT2D eigenvalue weighted by Crippen LogP contribution is 2.25. The van der Waals surface area contributed by atoms with Crippen molar-refractivity contribution in [1.29, 1.82) is 0 Å². The maximum absolute atomic E-state index is 12.5. The van der Waals surface area contributed by atoms with E-state index in [-0.39, 0.29) is 11.7 Å². The van der Waals surface area contributed by atoms with Crippen molar-refractivity contribution in [1.82, 2.24) is 4.90 Å². The van der Waals surface area contributed by atoms with E-state index in [2.05, 4.69) is 15.9 Å². The van der Waals surface area contributed by atoms with Gasteiger partial charge >= 0.3 is 0 Å². The maximum Gasteiger partial charge on any atom is 0.254 e. The van der Waals surface area contributed by atoms with Gasteiger partial charge in [-0.15, -0.1) is 0 Å². The molecule has 5 heteroatoms. The van der Waals surface area contributed by atoms with Gasteiger partial charge in [0, 0.05) is 24.3 Å². The van der Waals surface area contributed by atoms with Crippen molar-refractivity contribution in [2.24, 2.45) is 0 Å². The molecule has 0 aliphatic heterocycles. The first kappa shape index (κ1) is 15.4. The highest BCUT2D eigenvalue weighted by atomic mass is 79.9. The molecular formula is C16H17BrN2O2. The highest BCUT2D eigenvalue weighted by molar-refractivity contribution is 9.10. The van der Waals surface area contributed by atoms with Crippen LogP contribution in [0, 0.1) is 0 Å². The quantitative estimate of drug-likeness (QED) is 0.832. The van der Waals surface area contributed by atoms with Crippen LogP contribution in [-0.2, 0) is 6.54 Å². The van der Waals surface area contributed by atoms with Gasteiger partial charge in [-0.05, 0) is 58.7 Å². The summed E-state index contributed by atoms with van der Waals surface area (Å²) in [5, 5.41) is 9.70. The number of amides is 1. The van der Waals surface area contributed by atoms with E-state index in [4.69, 9.17) is 5.73 Å². The van der Waals surface area contributed by atoms with Gasteiger partial charge in [0.15, 0.2) is 0 Å². The standard InChI is InChI=1S/C16H17BrN2O2/c1-2-19(10-11-4-3-5-13(18)8-11)16(21)12-6-7-14(17)15(20)9-12/h3-9,20H,2,10,18H2,1H3. The zero-order valence-electron chi connectivity index (χ0n) is 11.7. The molecule has 0 unspecified atom stereocenters. The van der Waals surface area contributed by atoms with Gasteiger partial charge in [-0.1, -0.05) is 12.1 Å². The zero-order chi connectivity index (χ0) is 15.4. The lowest BCUT2D eigenvalue weighted by Crippen LogP contribution is -2.30. The van der Waals surface area contributed by atoms with Crippen LogP contribution >= 0.6 is 15.9 Å². The Balaban J connectivity index is 2.20. The van der Waals surface area contributed by atoms with Gasteiger partial charge in [0.2, 0.25) is 0 Å². The number of nitrogens with two attached hydrogens (primary N) is 1. The van der Waals surface area contributed by atoms with E-state index in [0.29, 0.717) is 28.8 Å². The molecule has 2 aromatic rings. The third kappa shape index (κ3) is 3.76. The van der Waals surface area contributed by atoms with Gasteiger partial charge in [-0.3, -0.25) is 4.79 Å². The van der Waals surface area contributed by atoms with Crippen LogP contribution in [0.25, 0.3) is 0 Å². The monoisotopic (exact) mass is 348 g/mol. The summed E-state index contributed by atoms with van der Waals surface area (Å²) in [5.41, 5.74) is 7.87. The van der Waals surface area contributed by atoms with Crippen molar-refractivity contribution in [3.8, 4) is 5.75 Å². The van der Waals surface area contributed by atoms with E-state index in [1.165, 1.54) is 6.07 Å². The number of rotatable bonds is 4. The molecule has 0 saturated carbocycles. The fourth-order valence-electron chi connectivity index (χ4n) is 2.07. The van der Waals surface area contributed by atoms with Gasteiger partial charge in [-0.25, -0.2) is 0 Å². The van der Waals surface area contributed by atoms with Crippen molar-refractivity contribution in [3.63, 3.8) is 0 Å². The second-order valence-electron chi connectivity index (χ2n) is 4.73. The van der Waals surface area contributed by atoms with Crippen molar-refractivity contribution in [2.45, 2.75) is 13.5 Å². The number of carbonyl (C=O) groups excluding carboxylic acids is 1. The first-order valence-electron chi connectivity index (χ1n) is 6.63. The molecule has 0 aliphatic carbocycles. The molecule has 0 aliphatic rings. The molecule has 0 fully saturated rings. The predicted octanol–water partition coefficient (Wildman–Crippen LogP) is 3.40. The van der Waals surface area contributed by atoms with Gasteiger partial charge in [0.05, 0.1) is 4.47 Å². The number of hydrogen-bond donors (Lipinski definition) is 2. The van der Waals surface area contributed by atoms with Crippen molar-refractivity contribution in [3.05, 3.63) is 58.1 Å². The zero-order valence-corrected chi connectivity index (χ0v) is 13.3. The average Bonchev–Trinajstić information content (AvgIpc) is 2.47. The van der Waals surface area contributed by atoms with E-state index in [1.807, 2.05) is 31.2 Å². The lowest BCUT2D eigenvalue weighted by Gasteiger charge is -2.21. The predicted molar refractivity (Wildman–Crippen MR) is 87.1 cm³/mol. The fraction of sp³-hybridized carbons (Fsp3) is 0.188. The first-order chi connectivity index (χ1) is 10.0. The van der Waals surface area contributed by atoms with Crippen LogP contribution in [0.1, 0.15) is 22.8 Å². The average molecular weight is 349 g/mol. The topological polar surface area (TPSA) is 66.6 Å². The lowest BCUT2D eigenvalue weighted by molar-refractivity contribution is 0.0752. The van der Waals surface area contributed by atoms with Crippen molar-refractivity contribution in [2.75, 3.05) is 12.3 Å². The number of halogens is 1. The third-order valence-corrected chi connectivity index (χ3v) is 3.86. The number of anilines is 1. The van der Waals surface area contributed by atoms with Crippen LogP contribution in [0.4, 0.5) is 5.69 Å². The Kier molecular flexibility index (Phi) is 4.85. The minimum Gasteiger partial charge on any atom is -0.507 e. The first-order valence-corrected chi connectivity index (χ1v) is 7.42. The molecule has 2 rings (SSSR count). The molecule has 3 N–H and O–H groups in total. The summed E-state index contributed by atoms with van der Waals surface area (Å²) in [7, 11) is 0. The molecule has 0 radical (unpaired) electrons. The Morgan fingerprint density at radius 3 is 2.67 bits per heavy atom. The Bertz CT molecular complexity index is 658. The molecule has 0 bridgehead atoms. The van der Waals surface area contributed by atoms with Gasteiger partial charge in [-0.2, -0.15) is 0 Å². The Labute approximate surface area is 132 Å². The summed E-state index contributed by atoms with van der Waals surface area (Å²) < 4.78 is 0.568. The smallest absolute Gasteiger partial charge is 0.254 e. The van der Waals surface area contributed by atoms with E-state index >= 15 is 0 Å². The number of carbonyl (C=O) groups is 1. The molecule has 110 valence electrons. The number of aromatic hydroxyl groups is 1. The molecule has 0 saturated heterocycles. The largest absolute Gasteiger partial charge is 0.507 e. The van der Waals surface area contributed by atoms with Gasteiger partial charge < -0.3 is 15.7 Å². The van der Waals surface area contributed by atoms with Crippen LogP contribution < -0.4 is 5.73 Å². The Morgan fingerprint density at radius 2 is 2.05 bits per heavy atom. The summed E-state index contributed by atoms with van der Waals surface area (Å²) >= 11 is 3.21. The van der Waals surface area contributed by atoms with Crippen LogP contribution in [-0.4, -0.2) is 22.5 Å². The number of nitrogen functional groups attached to an aromatic ring is 1. The van der Waals surface area contributed by atoms with E-state index in [1.54, 1.807) is 17.0 Å². The molecular weight excluding hydrogens is 332 g/mol. The number of benzene rings is 2. The maximum atomic E-state index is 12.5. The summed E-state index contributed by atoms with van der Waals surface area (Å²) in [5.74, 6) is -0.0661. The second-order valence-corrected chi connectivity index (χ2v) is 5.58. The van der Waals surface area contributed by atoms with Crippen LogP contribution in [0.5, 0.6) is 5.75 Å². The van der Waals surface area contributed by atoms with E-state index in [9.17, 15) is 9.90 Å². The molecule has 21 heavy (non-hydrogen) atoms.